The van der Waals surface area contributed by atoms with Crippen molar-refractivity contribution < 1.29 is 29.3 Å². The lowest BCUT2D eigenvalue weighted by Gasteiger charge is -2.32. The second kappa shape index (κ2) is 10.5. The van der Waals surface area contributed by atoms with Crippen molar-refractivity contribution >= 4 is 18.0 Å². The maximum Gasteiger partial charge on any atom is 0.407 e. The summed E-state index contributed by atoms with van der Waals surface area (Å²) in [6.07, 6.45) is 0.896. The molecule has 1 aliphatic heterocycles. The average molecular weight is 482 g/mol. The number of likely N-dealkylation sites (tertiary alicyclic amines) is 1. The van der Waals surface area contributed by atoms with Crippen molar-refractivity contribution in [2.75, 3.05) is 32.8 Å². The average Bonchev–Trinajstić information content (AvgIpc) is 3.16. The number of nitrogens with zero attached hydrogens (tertiary/aromatic N) is 1. The van der Waals surface area contributed by atoms with Crippen LogP contribution in [0.15, 0.2) is 48.5 Å². The fourth-order valence-corrected chi connectivity index (χ4v) is 4.65. The van der Waals surface area contributed by atoms with Crippen LogP contribution in [0.1, 0.15) is 36.8 Å². The largest absolute Gasteiger partial charge is 0.479 e. The molecule has 0 aromatic heterocycles. The third-order valence-corrected chi connectivity index (χ3v) is 6.71. The molecule has 9 nitrogen and oxygen atoms in total. The Bertz CT molecular complexity index is 1050. The fraction of sp³-hybridized carbons (Fsp3) is 0.423. The van der Waals surface area contributed by atoms with Crippen LogP contribution in [0.5, 0.6) is 0 Å². The Balaban J connectivity index is 1.20. The monoisotopic (exact) mass is 481 g/mol. The predicted molar refractivity (Wildman–Crippen MR) is 129 cm³/mol. The number of ether oxygens (including phenoxy) is 1. The summed E-state index contributed by atoms with van der Waals surface area (Å²) in [7, 11) is 0. The third-order valence-electron chi connectivity index (χ3n) is 6.71. The SMILES string of the molecule is CC(O)(CNC(=O)CN1CCC(NC(=O)OCC2c3ccccc3-c3ccccc32)CC1)C(=O)O. The van der Waals surface area contributed by atoms with Gasteiger partial charge in [-0.15, -0.1) is 0 Å². The van der Waals surface area contributed by atoms with Gasteiger partial charge in [0.05, 0.1) is 13.1 Å². The van der Waals surface area contributed by atoms with E-state index in [1.54, 1.807) is 0 Å². The molecule has 2 amide bonds. The van der Waals surface area contributed by atoms with Gasteiger partial charge in [0.25, 0.3) is 0 Å². The minimum Gasteiger partial charge on any atom is -0.479 e. The lowest BCUT2D eigenvalue weighted by molar-refractivity contribution is -0.156. The Morgan fingerprint density at radius 1 is 1.03 bits per heavy atom. The molecule has 1 aliphatic carbocycles. The summed E-state index contributed by atoms with van der Waals surface area (Å²) in [6, 6.07) is 16.3. The number of alkyl carbamates (subject to hydrolysis) is 1. The van der Waals surface area contributed by atoms with Gasteiger partial charge in [-0.05, 0) is 42.0 Å². The maximum absolute atomic E-state index is 12.5. The molecule has 0 spiro atoms. The molecule has 0 radical (unpaired) electrons. The number of carboxylic acids is 1. The van der Waals surface area contributed by atoms with Crippen LogP contribution in [0.4, 0.5) is 4.79 Å². The Labute approximate surface area is 204 Å². The van der Waals surface area contributed by atoms with E-state index in [9.17, 15) is 19.5 Å². The molecule has 1 heterocycles. The maximum atomic E-state index is 12.5. The number of carbonyl (C=O) groups excluding carboxylic acids is 2. The summed E-state index contributed by atoms with van der Waals surface area (Å²) in [5.41, 5.74) is 2.69. The molecular weight excluding hydrogens is 450 g/mol. The summed E-state index contributed by atoms with van der Waals surface area (Å²) in [5, 5.41) is 24.0. The van der Waals surface area contributed by atoms with Crippen LogP contribution in [0.25, 0.3) is 11.1 Å². The number of benzene rings is 2. The molecule has 0 saturated carbocycles. The zero-order chi connectivity index (χ0) is 25.0. The number of hydrogen-bond donors (Lipinski definition) is 4. The summed E-state index contributed by atoms with van der Waals surface area (Å²) >= 11 is 0. The molecule has 9 heteroatoms. The molecule has 1 fully saturated rings. The highest BCUT2D eigenvalue weighted by molar-refractivity contribution is 5.81. The molecule has 4 N–H and O–H groups in total. The second-order valence-electron chi connectivity index (χ2n) is 9.38. The summed E-state index contributed by atoms with van der Waals surface area (Å²) in [5.74, 6) is -1.73. The first-order valence-corrected chi connectivity index (χ1v) is 11.8. The molecule has 0 bridgehead atoms. The van der Waals surface area contributed by atoms with Crippen LogP contribution in [-0.4, -0.2) is 77.5 Å². The van der Waals surface area contributed by atoms with Crippen LogP contribution in [0.2, 0.25) is 0 Å². The van der Waals surface area contributed by atoms with Crippen LogP contribution >= 0.6 is 0 Å². The Kier molecular flexibility index (Phi) is 7.37. The first kappa shape index (κ1) is 24.7. The van der Waals surface area contributed by atoms with E-state index in [4.69, 9.17) is 9.84 Å². The Hall–Kier alpha value is -3.43. The van der Waals surface area contributed by atoms with Crippen molar-refractivity contribution in [2.45, 2.75) is 37.3 Å². The van der Waals surface area contributed by atoms with E-state index in [2.05, 4.69) is 34.9 Å². The van der Waals surface area contributed by atoms with Crippen LogP contribution in [0.3, 0.4) is 0 Å². The molecular formula is C26H31N3O6. The standard InChI is InChI=1S/C26H31N3O6/c1-26(34,24(31)32)16-27-23(30)14-29-12-10-17(11-13-29)28-25(33)35-15-22-20-8-4-2-6-18(20)19-7-3-5-9-21(19)22/h2-9,17,22,34H,10-16H2,1H3,(H,27,30)(H,28,33)(H,31,32). The zero-order valence-corrected chi connectivity index (χ0v) is 19.7. The third kappa shape index (κ3) is 5.80. The summed E-state index contributed by atoms with van der Waals surface area (Å²) < 4.78 is 5.62. The van der Waals surface area contributed by atoms with E-state index in [0.717, 1.165) is 18.1 Å². The van der Waals surface area contributed by atoms with Crippen molar-refractivity contribution in [3.63, 3.8) is 0 Å². The molecule has 1 unspecified atom stereocenters. The predicted octanol–water partition coefficient (Wildman–Crippen LogP) is 1.94. The Morgan fingerprint density at radius 3 is 2.17 bits per heavy atom. The smallest absolute Gasteiger partial charge is 0.407 e. The highest BCUT2D eigenvalue weighted by Crippen LogP contribution is 2.44. The van der Waals surface area contributed by atoms with E-state index in [0.29, 0.717) is 25.9 Å². The van der Waals surface area contributed by atoms with Crippen LogP contribution in [0, 0.1) is 0 Å². The van der Waals surface area contributed by atoms with Gasteiger partial charge in [-0.25, -0.2) is 9.59 Å². The van der Waals surface area contributed by atoms with Crippen molar-refractivity contribution in [1.29, 1.82) is 0 Å². The highest BCUT2D eigenvalue weighted by atomic mass is 16.5. The number of fused-ring (bicyclic) bond motifs is 3. The van der Waals surface area contributed by atoms with Crippen molar-refractivity contribution in [2.24, 2.45) is 0 Å². The fourth-order valence-electron chi connectivity index (χ4n) is 4.65. The van der Waals surface area contributed by atoms with Gasteiger partial charge in [-0.2, -0.15) is 0 Å². The van der Waals surface area contributed by atoms with Gasteiger partial charge in [0, 0.05) is 25.0 Å². The van der Waals surface area contributed by atoms with Gasteiger partial charge in [0.15, 0.2) is 5.60 Å². The number of hydrogen-bond acceptors (Lipinski definition) is 6. The number of rotatable bonds is 8. The van der Waals surface area contributed by atoms with E-state index >= 15 is 0 Å². The van der Waals surface area contributed by atoms with Crippen molar-refractivity contribution in [3.05, 3.63) is 59.7 Å². The molecule has 35 heavy (non-hydrogen) atoms. The highest BCUT2D eigenvalue weighted by Gasteiger charge is 2.31. The van der Waals surface area contributed by atoms with Gasteiger partial charge in [-0.3, -0.25) is 9.69 Å². The van der Waals surface area contributed by atoms with Gasteiger partial charge >= 0.3 is 12.1 Å². The number of carbonyl (C=O) groups is 3. The molecule has 1 atom stereocenters. The van der Waals surface area contributed by atoms with Crippen molar-refractivity contribution in [1.82, 2.24) is 15.5 Å². The lowest BCUT2D eigenvalue weighted by Crippen LogP contribution is -2.50. The first-order chi connectivity index (χ1) is 16.7. The van der Waals surface area contributed by atoms with Crippen molar-refractivity contribution in [3.8, 4) is 11.1 Å². The summed E-state index contributed by atoms with van der Waals surface area (Å²) in [4.78, 5) is 37.4. The number of carboxylic acid groups (broad SMARTS) is 1. The normalized spacial score (nSPS) is 17.7. The first-order valence-electron chi connectivity index (χ1n) is 11.8. The molecule has 2 aromatic rings. The molecule has 2 aliphatic rings. The van der Waals surface area contributed by atoms with Gasteiger partial charge in [0.2, 0.25) is 5.91 Å². The molecule has 1 saturated heterocycles. The number of amides is 2. The van der Waals surface area contributed by atoms with E-state index in [1.807, 2.05) is 29.2 Å². The quantitative estimate of drug-likeness (QED) is 0.454. The Morgan fingerprint density at radius 2 is 1.60 bits per heavy atom. The molecule has 186 valence electrons. The van der Waals surface area contributed by atoms with Gasteiger partial charge in [-0.1, -0.05) is 48.5 Å². The second-order valence-corrected chi connectivity index (χ2v) is 9.38. The zero-order valence-electron chi connectivity index (χ0n) is 19.7. The lowest BCUT2D eigenvalue weighted by atomic mass is 9.98. The van der Waals surface area contributed by atoms with Gasteiger partial charge < -0.3 is 25.6 Å². The van der Waals surface area contributed by atoms with Crippen LogP contribution in [-0.2, 0) is 14.3 Å². The number of aliphatic hydroxyl groups is 1. The molecule has 4 rings (SSSR count). The minimum atomic E-state index is -2.00. The topological polar surface area (TPSA) is 128 Å². The molecule has 2 aromatic carbocycles. The van der Waals surface area contributed by atoms with E-state index in [1.165, 1.54) is 11.1 Å². The van der Waals surface area contributed by atoms with Crippen LogP contribution < -0.4 is 10.6 Å². The number of aliphatic carboxylic acids is 1. The van der Waals surface area contributed by atoms with Gasteiger partial charge in [0.1, 0.15) is 6.61 Å². The van der Waals surface area contributed by atoms with E-state index < -0.39 is 17.7 Å². The minimum absolute atomic E-state index is 0.00964. The number of nitrogens with one attached hydrogen (secondary N) is 2. The van der Waals surface area contributed by atoms with E-state index in [-0.39, 0.29) is 37.6 Å². The number of piperidine rings is 1. The summed E-state index contributed by atoms with van der Waals surface area (Å²) in [6.45, 7) is 2.36.